The molecule has 0 aromatic carbocycles. The number of nitrogens with one attached hydrogen (secondary N) is 1. The van der Waals surface area contributed by atoms with Crippen LogP contribution in [0.25, 0.3) is 0 Å². The Kier molecular flexibility index (Phi) is 4.36. The zero-order valence-electron chi connectivity index (χ0n) is 12.6. The van der Waals surface area contributed by atoms with Gasteiger partial charge in [-0.05, 0) is 38.0 Å². The average Bonchev–Trinajstić information content (AvgIpc) is 2.88. The minimum atomic E-state index is -0.844. The van der Waals surface area contributed by atoms with E-state index in [0.29, 0.717) is 12.3 Å². The lowest BCUT2D eigenvalue weighted by atomic mass is 9.85. The maximum atomic E-state index is 12.6. The summed E-state index contributed by atoms with van der Waals surface area (Å²) in [6.45, 7) is 0. The number of urea groups is 1. The highest BCUT2D eigenvalue weighted by atomic mass is 16.4. The second kappa shape index (κ2) is 6.24. The maximum Gasteiger partial charge on any atom is 0.326 e. The topological polar surface area (TPSA) is 69.6 Å². The largest absolute Gasteiger partial charge is 0.480 e. The molecule has 2 aliphatic carbocycles. The minimum absolute atomic E-state index is 0.135. The maximum absolute atomic E-state index is 12.6. The van der Waals surface area contributed by atoms with Gasteiger partial charge in [0.05, 0.1) is 0 Å². The van der Waals surface area contributed by atoms with Crippen molar-refractivity contribution in [1.82, 2.24) is 10.2 Å². The number of fused-ring (bicyclic) bond motifs is 1. The summed E-state index contributed by atoms with van der Waals surface area (Å²) in [5, 5.41) is 12.6. The van der Waals surface area contributed by atoms with Gasteiger partial charge in [-0.2, -0.15) is 0 Å². The Morgan fingerprint density at radius 1 is 0.952 bits per heavy atom. The predicted octanol–water partition coefficient (Wildman–Crippen LogP) is 2.75. The van der Waals surface area contributed by atoms with E-state index in [9.17, 15) is 14.7 Å². The van der Waals surface area contributed by atoms with Crippen LogP contribution in [-0.4, -0.2) is 40.1 Å². The Morgan fingerprint density at radius 2 is 1.62 bits per heavy atom. The molecule has 2 saturated carbocycles. The number of hydrogen-bond acceptors (Lipinski definition) is 2. The number of amides is 2. The van der Waals surface area contributed by atoms with Crippen molar-refractivity contribution in [2.24, 2.45) is 5.92 Å². The molecule has 3 fully saturated rings. The highest BCUT2D eigenvalue weighted by Gasteiger charge is 2.47. The Hall–Kier alpha value is -1.26. The smallest absolute Gasteiger partial charge is 0.326 e. The van der Waals surface area contributed by atoms with Crippen LogP contribution >= 0.6 is 0 Å². The molecule has 1 saturated heterocycles. The number of nitrogens with zero attached hydrogens (tertiary/aromatic N) is 1. The SMILES string of the molecule is O=C(O)[C@H]1C[C@@H]2CCCC[C@H]2N1C(=O)NC1CCCCC1. The molecule has 1 aliphatic heterocycles. The van der Waals surface area contributed by atoms with Crippen molar-refractivity contribution in [3.63, 3.8) is 0 Å². The summed E-state index contributed by atoms with van der Waals surface area (Å²) < 4.78 is 0. The first-order chi connectivity index (χ1) is 10.2. The summed E-state index contributed by atoms with van der Waals surface area (Å²) in [6.07, 6.45) is 10.6. The first-order valence-electron chi connectivity index (χ1n) is 8.48. The molecule has 5 nitrogen and oxygen atoms in total. The van der Waals surface area contributed by atoms with Crippen LogP contribution in [-0.2, 0) is 4.79 Å². The number of carbonyl (C=O) groups excluding carboxylic acids is 1. The van der Waals surface area contributed by atoms with Crippen LogP contribution in [0.1, 0.15) is 64.2 Å². The molecule has 0 radical (unpaired) electrons. The van der Waals surface area contributed by atoms with E-state index in [-0.39, 0.29) is 18.1 Å². The lowest BCUT2D eigenvalue weighted by molar-refractivity contribution is -0.141. The van der Waals surface area contributed by atoms with Gasteiger partial charge in [0, 0.05) is 12.1 Å². The standard InChI is InChI=1S/C16H26N2O3/c19-15(20)14-10-11-6-4-5-9-13(11)18(14)16(21)17-12-7-2-1-3-8-12/h11-14H,1-10H2,(H,17,21)(H,19,20)/t11-,13+,14+/m0/s1. The van der Waals surface area contributed by atoms with Crippen LogP contribution in [0.5, 0.6) is 0 Å². The summed E-state index contributed by atoms with van der Waals surface area (Å²) >= 11 is 0. The first-order valence-corrected chi connectivity index (χ1v) is 8.48. The molecule has 0 aromatic heterocycles. The highest BCUT2D eigenvalue weighted by molar-refractivity contribution is 5.84. The molecule has 3 rings (SSSR count). The van der Waals surface area contributed by atoms with Crippen molar-refractivity contribution in [2.45, 2.75) is 82.3 Å². The second-order valence-electron chi connectivity index (χ2n) is 6.89. The van der Waals surface area contributed by atoms with Crippen LogP contribution in [0.2, 0.25) is 0 Å². The Morgan fingerprint density at radius 3 is 2.33 bits per heavy atom. The monoisotopic (exact) mass is 294 g/mol. The number of rotatable bonds is 2. The third-order valence-electron chi connectivity index (χ3n) is 5.54. The summed E-state index contributed by atoms with van der Waals surface area (Å²) in [5.41, 5.74) is 0. The van der Waals surface area contributed by atoms with Gasteiger partial charge in [0.25, 0.3) is 0 Å². The van der Waals surface area contributed by atoms with E-state index in [0.717, 1.165) is 32.1 Å². The van der Waals surface area contributed by atoms with Gasteiger partial charge in [0.2, 0.25) is 0 Å². The Bertz CT molecular complexity index is 406. The van der Waals surface area contributed by atoms with Crippen molar-refractivity contribution in [1.29, 1.82) is 0 Å². The zero-order valence-corrected chi connectivity index (χ0v) is 12.6. The van der Waals surface area contributed by atoms with Crippen LogP contribution in [0.15, 0.2) is 0 Å². The van der Waals surface area contributed by atoms with E-state index in [4.69, 9.17) is 0 Å². The van der Waals surface area contributed by atoms with E-state index in [1.807, 2.05) is 0 Å². The van der Waals surface area contributed by atoms with Crippen LogP contribution in [0.4, 0.5) is 4.79 Å². The third-order valence-corrected chi connectivity index (χ3v) is 5.54. The second-order valence-corrected chi connectivity index (χ2v) is 6.89. The van der Waals surface area contributed by atoms with Gasteiger partial charge in [-0.1, -0.05) is 32.1 Å². The van der Waals surface area contributed by atoms with Crippen molar-refractivity contribution >= 4 is 12.0 Å². The summed E-state index contributed by atoms with van der Waals surface area (Å²) in [4.78, 5) is 25.8. The first kappa shape index (κ1) is 14.7. The fourth-order valence-corrected chi connectivity index (χ4v) is 4.47. The predicted molar refractivity (Wildman–Crippen MR) is 79.0 cm³/mol. The minimum Gasteiger partial charge on any atom is -0.480 e. The molecule has 118 valence electrons. The lowest BCUT2D eigenvalue weighted by Crippen LogP contribution is -2.53. The van der Waals surface area contributed by atoms with Crippen LogP contribution < -0.4 is 5.32 Å². The molecule has 0 unspecified atom stereocenters. The van der Waals surface area contributed by atoms with E-state index < -0.39 is 12.0 Å². The summed E-state index contributed by atoms with van der Waals surface area (Å²) in [6, 6.07) is -0.378. The zero-order chi connectivity index (χ0) is 14.8. The fourth-order valence-electron chi connectivity index (χ4n) is 4.47. The Balaban J connectivity index is 1.69. The van der Waals surface area contributed by atoms with Crippen molar-refractivity contribution in [3.05, 3.63) is 0 Å². The number of carbonyl (C=O) groups is 2. The normalized spacial score (nSPS) is 33.5. The molecule has 1 heterocycles. The van der Waals surface area contributed by atoms with E-state index >= 15 is 0 Å². The summed E-state index contributed by atoms with van der Waals surface area (Å²) in [7, 11) is 0. The molecule has 21 heavy (non-hydrogen) atoms. The summed E-state index contributed by atoms with van der Waals surface area (Å²) in [5.74, 6) is -0.458. The molecule has 2 N–H and O–H groups in total. The third kappa shape index (κ3) is 3.01. The number of carboxylic acids is 1. The molecule has 2 amide bonds. The Labute approximate surface area is 126 Å². The van der Waals surface area contributed by atoms with E-state index in [1.54, 1.807) is 4.90 Å². The van der Waals surface area contributed by atoms with Crippen molar-refractivity contribution in [3.8, 4) is 0 Å². The average molecular weight is 294 g/mol. The van der Waals surface area contributed by atoms with Gasteiger partial charge in [-0.3, -0.25) is 0 Å². The molecular formula is C16H26N2O3. The molecule has 3 atom stereocenters. The fraction of sp³-hybridized carbons (Fsp3) is 0.875. The van der Waals surface area contributed by atoms with Crippen molar-refractivity contribution < 1.29 is 14.7 Å². The van der Waals surface area contributed by atoms with Crippen LogP contribution in [0.3, 0.4) is 0 Å². The van der Waals surface area contributed by atoms with Gasteiger partial charge in [-0.15, -0.1) is 0 Å². The van der Waals surface area contributed by atoms with Gasteiger partial charge >= 0.3 is 12.0 Å². The number of likely N-dealkylation sites (tertiary alicyclic amines) is 1. The quantitative estimate of drug-likeness (QED) is 0.822. The molecule has 0 bridgehead atoms. The van der Waals surface area contributed by atoms with Gasteiger partial charge in [0.15, 0.2) is 0 Å². The molecular weight excluding hydrogens is 268 g/mol. The van der Waals surface area contributed by atoms with Crippen LogP contribution in [0, 0.1) is 5.92 Å². The van der Waals surface area contributed by atoms with Gasteiger partial charge in [0.1, 0.15) is 6.04 Å². The highest BCUT2D eigenvalue weighted by Crippen LogP contribution is 2.39. The molecule has 5 heteroatoms. The molecule has 0 aromatic rings. The molecule has 3 aliphatic rings. The number of hydrogen-bond donors (Lipinski definition) is 2. The van der Waals surface area contributed by atoms with Crippen molar-refractivity contribution in [2.75, 3.05) is 0 Å². The number of carboxylic acid groups (broad SMARTS) is 1. The van der Waals surface area contributed by atoms with Gasteiger partial charge in [-0.25, -0.2) is 9.59 Å². The van der Waals surface area contributed by atoms with E-state index in [1.165, 1.54) is 25.7 Å². The number of aliphatic carboxylic acids is 1. The van der Waals surface area contributed by atoms with Gasteiger partial charge < -0.3 is 15.3 Å². The van der Waals surface area contributed by atoms with E-state index in [2.05, 4.69) is 5.32 Å². The lowest BCUT2D eigenvalue weighted by Gasteiger charge is -2.34. The molecule has 0 spiro atoms.